The fourth-order valence-corrected chi connectivity index (χ4v) is 2.11. The van der Waals surface area contributed by atoms with Gasteiger partial charge >= 0.3 is 0 Å². The van der Waals surface area contributed by atoms with Gasteiger partial charge < -0.3 is 10.8 Å². The Kier molecular flexibility index (Phi) is 2.52. The second-order valence-electron chi connectivity index (χ2n) is 4.01. The van der Waals surface area contributed by atoms with Gasteiger partial charge in [-0.25, -0.2) is 4.98 Å². The van der Waals surface area contributed by atoms with Gasteiger partial charge in [0.15, 0.2) is 5.82 Å². The molecule has 1 aromatic heterocycles. The standard InChI is InChI=1S/C9H16N4O/c1-5-11-9(13-12-5)6-2-7(4-10)8(14)3-6/h6-8,14H,2-4,10H2,1H3,(H,11,12,13). The van der Waals surface area contributed by atoms with E-state index in [4.69, 9.17) is 5.73 Å². The van der Waals surface area contributed by atoms with Crippen LogP contribution in [0.3, 0.4) is 0 Å². The van der Waals surface area contributed by atoms with E-state index in [1.165, 1.54) is 0 Å². The second kappa shape index (κ2) is 3.67. The highest BCUT2D eigenvalue weighted by Gasteiger charge is 2.34. The van der Waals surface area contributed by atoms with Crippen LogP contribution in [0.15, 0.2) is 0 Å². The van der Waals surface area contributed by atoms with Crippen molar-refractivity contribution in [2.24, 2.45) is 11.7 Å². The van der Waals surface area contributed by atoms with Gasteiger partial charge in [0.2, 0.25) is 0 Å². The number of rotatable bonds is 2. The van der Waals surface area contributed by atoms with Crippen LogP contribution in [0.1, 0.15) is 30.4 Å². The molecule has 5 heteroatoms. The maximum atomic E-state index is 9.68. The Balaban J connectivity index is 2.08. The van der Waals surface area contributed by atoms with Gasteiger partial charge in [0.1, 0.15) is 5.82 Å². The minimum Gasteiger partial charge on any atom is -0.393 e. The molecule has 1 aromatic rings. The van der Waals surface area contributed by atoms with E-state index in [1.807, 2.05) is 6.92 Å². The lowest BCUT2D eigenvalue weighted by molar-refractivity contribution is 0.136. The predicted octanol–water partition coefficient (Wildman–Crippen LogP) is -0.0737. The third kappa shape index (κ3) is 1.65. The zero-order valence-electron chi connectivity index (χ0n) is 8.27. The molecule has 5 nitrogen and oxygen atoms in total. The summed E-state index contributed by atoms with van der Waals surface area (Å²) in [5.74, 6) is 2.12. The van der Waals surface area contributed by atoms with Crippen molar-refractivity contribution >= 4 is 0 Å². The molecule has 4 N–H and O–H groups in total. The summed E-state index contributed by atoms with van der Waals surface area (Å²) in [6.45, 7) is 2.42. The van der Waals surface area contributed by atoms with E-state index in [2.05, 4.69) is 15.2 Å². The van der Waals surface area contributed by atoms with Gasteiger partial charge in [0.25, 0.3) is 0 Å². The molecule has 0 aliphatic heterocycles. The number of nitrogens with one attached hydrogen (secondary N) is 1. The van der Waals surface area contributed by atoms with Crippen LogP contribution in [-0.2, 0) is 0 Å². The normalized spacial score (nSPS) is 32.4. The molecule has 0 amide bonds. The molecule has 0 spiro atoms. The van der Waals surface area contributed by atoms with Crippen molar-refractivity contribution in [3.05, 3.63) is 11.6 Å². The van der Waals surface area contributed by atoms with Gasteiger partial charge in [-0.2, -0.15) is 5.10 Å². The predicted molar refractivity (Wildman–Crippen MR) is 51.6 cm³/mol. The molecule has 78 valence electrons. The van der Waals surface area contributed by atoms with Gasteiger partial charge in [-0.1, -0.05) is 0 Å². The molecule has 1 aliphatic rings. The van der Waals surface area contributed by atoms with Crippen LogP contribution in [0, 0.1) is 12.8 Å². The largest absolute Gasteiger partial charge is 0.393 e. The van der Waals surface area contributed by atoms with Gasteiger partial charge in [-0.3, -0.25) is 5.10 Å². The first-order valence-electron chi connectivity index (χ1n) is 4.97. The molecule has 3 unspecified atom stereocenters. The number of aromatic nitrogens is 3. The zero-order valence-corrected chi connectivity index (χ0v) is 8.27. The average Bonchev–Trinajstić information content (AvgIpc) is 2.71. The Labute approximate surface area is 82.7 Å². The van der Waals surface area contributed by atoms with Gasteiger partial charge in [0, 0.05) is 5.92 Å². The van der Waals surface area contributed by atoms with Gasteiger partial charge in [-0.15, -0.1) is 0 Å². The summed E-state index contributed by atoms with van der Waals surface area (Å²) >= 11 is 0. The number of H-pyrrole nitrogens is 1. The number of hydrogen-bond acceptors (Lipinski definition) is 4. The lowest BCUT2D eigenvalue weighted by Gasteiger charge is -2.09. The summed E-state index contributed by atoms with van der Waals surface area (Å²) in [5, 5.41) is 16.6. The first-order valence-corrected chi connectivity index (χ1v) is 4.97. The van der Waals surface area contributed by atoms with Crippen LogP contribution in [0.5, 0.6) is 0 Å². The number of aliphatic hydroxyl groups excluding tert-OH is 1. The number of aliphatic hydroxyl groups is 1. The topological polar surface area (TPSA) is 87.8 Å². The van der Waals surface area contributed by atoms with Crippen molar-refractivity contribution in [1.29, 1.82) is 0 Å². The molecule has 14 heavy (non-hydrogen) atoms. The molecule has 3 atom stereocenters. The lowest BCUT2D eigenvalue weighted by atomic mass is 10.0. The molecule has 0 radical (unpaired) electrons. The molecular weight excluding hydrogens is 180 g/mol. The average molecular weight is 196 g/mol. The van der Waals surface area contributed by atoms with E-state index in [0.29, 0.717) is 6.54 Å². The Morgan fingerprint density at radius 2 is 2.36 bits per heavy atom. The summed E-state index contributed by atoms with van der Waals surface area (Å²) in [6.07, 6.45) is 1.34. The third-order valence-corrected chi connectivity index (χ3v) is 2.94. The fraction of sp³-hybridized carbons (Fsp3) is 0.778. The first kappa shape index (κ1) is 9.61. The molecule has 2 rings (SSSR count). The van der Waals surface area contributed by atoms with Gasteiger partial charge in [-0.05, 0) is 32.2 Å². The van der Waals surface area contributed by atoms with E-state index in [0.717, 1.165) is 24.5 Å². The third-order valence-electron chi connectivity index (χ3n) is 2.94. The monoisotopic (exact) mass is 196 g/mol. The number of aryl methyl sites for hydroxylation is 1. The molecular formula is C9H16N4O. The van der Waals surface area contributed by atoms with E-state index in [9.17, 15) is 5.11 Å². The minimum absolute atomic E-state index is 0.207. The molecule has 0 bridgehead atoms. The first-order chi connectivity index (χ1) is 6.70. The van der Waals surface area contributed by atoms with Gasteiger partial charge in [0.05, 0.1) is 6.10 Å². The Bertz CT molecular complexity index is 312. The number of aromatic amines is 1. The fourth-order valence-electron chi connectivity index (χ4n) is 2.11. The van der Waals surface area contributed by atoms with Crippen LogP contribution in [0.2, 0.25) is 0 Å². The van der Waals surface area contributed by atoms with E-state index >= 15 is 0 Å². The van der Waals surface area contributed by atoms with E-state index in [-0.39, 0.29) is 17.9 Å². The van der Waals surface area contributed by atoms with Crippen LogP contribution in [0.25, 0.3) is 0 Å². The minimum atomic E-state index is -0.288. The Hall–Kier alpha value is -0.940. The summed E-state index contributed by atoms with van der Waals surface area (Å²) in [6, 6.07) is 0. The van der Waals surface area contributed by atoms with E-state index in [1.54, 1.807) is 0 Å². The number of nitrogens with zero attached hydrogens (tertiary/aromatic N) is 2. The summed E-state index contributed by atoms with van der Waals surface area (Å²) < 4.78 is 0. The number of nitrogens with two attached hydrogens (primary N) is 1. The van der Waals surface area contributed by atoms with Crippen LogP contribution < -0.4 is 5.73 Å². The summed E-state index contributed by atoms with van der Waals surface area (Å²) in [5.41, 5.74) is 5.56. The Morgan fingerprint density at radius 3 is 2.86 bits per heavy atom. The maximum absolute atomic E-state index is 9.68. The van der Waals surface area contributed by atoms with Crippen molar-refractivity contribution in [2.75, 3.05) is 6.54 Å². The number of hydrogen-bond donors (Lipinski definition) is 3. The molecule has 0 saturated heterocycles. The quantitative estimate of drug-likeness (QED) is 0.617. The Morgan fingerprint density at radius 1 is 1.57 bits per heavy atom. The molecule has 1 fully saturated rings. The molecule has 1 aliphatic carbocycles. The van der Waals surface area contributed by atoms with Crippen molar-refractivity contribution in [1.82, 2.24) is 15.2 Å². The zero-order chi connectivity index (χ0) is 10.1. The van der Waals surface area contributed by atoms with Crippen LogP contribution >= 0.6 is 0 Å². The van der Waals surface area contributed by atoms with Crippen LogP contribution in [0.4, 0.5) is 0 Å². The van der Waals surface area contributed by atoms with Crippen LogP contribution in [-0.4, -0.2) is 32.9 Å². The smallest absolute Gasteiger partial charge is 0.153 e. The molecule has 1 heterocycles. The SMILES string of the molecule is Cc1nc(C2CC(O)C(CN)C2)n[nH]1. The molecule has 0 aromatic carbocycles. The maximum Gasteiger partial charge on any atom is 0.153 e. The highest BCUT2D eigenvalue weighted by Crippen LogP contribution is 2.36. The van der Waals surface area contributed by atoms with E-state index < -0.39 is 0 Å². The summed E-state index contributed by atoms with van der Waals surface area (Å²) in [4.78, 5) is 4.28. The van der Waals surface area contributed by atoms with Crippen molar-refractivity contribution in [3.63, 3.8) is 0 Å². The highest BCUT2D eigenvalue weighted by atomic mass is 16.3. The molecule has 1 saturated carbocycles. The van der Waals surface area contributed by atoms with Crippen molar-refractivity contribution in [2.45, 2.75) is 31.8 Å². The van der Waals surface area contributed by atoms with Crippen molar-refractivity contribution < 1.29 is 5.11 Å². The second-order valence-corrected chi connectivity index (χ2v) is 4.01. The summed E-state index contributed by atoms with van der Waals surface area (Å²) in [7, 11) is 0. The lowest BCUT2D eigenvalue weighted by Crippen LogP contribution is -2.21. The van der Waals surface area contributed by atoms with Crippen molar-refractivity contribution in [3.8, 4) is 0 Å². The highest BCUT2D eigenvalue weighted by molar-refractivity contribution is 5.03.